The number of nitriles is 1. The lowest BCUT2D eigenvalue weighted by molar-refractivity contribution is 0.102. The number of amides is 1. The zero-order chi connectivity index (χ0) is 23.5. The van der Waals surface area contributed by atoms with E-state index in [9.17, 15) is 10.1 Å². The number of hydrogen-bond acceptors (Lipinski definition) is 4. The van der Waals surface area contributed by atoms with E-state index >= 15 is 0 Å². The molecule has 0 fully saturated rings. The first-order valence-corrected chi connectivity index (χ1v) is 10.8. The third-order valence-corrected chi connectivity index (χ3v) is 5.42. The first-order valence-electron chi connectivity index (χ1n) is 10.8. The zero-order valence-corrected chi connectivity index (χ0v) is 19.1. The van der Waals surface area contributed by atoms with Gasteiger partial charge in [0.25, 0.3) is 5.91 Å². The van der Waals surface area contributed by atoms with E-state index in [1.54, 1.807) is 29.1 Å². The molecule has 0 bridgehead atoms. The van der Waals surface area contributed by atoms with Crippen LogP contribution in [-0.2, 0) is 0 Å². The van der Waals surface area contributed by atoms with E-state index in [1.165, 1.54) is 0 Å². The highest BCUT2D eigenvalue weighted by atomic mass is 16.1. The van der Waals surface area contributed by atoms with E-state index in [4.69, 9.17) is 0 Å². The molecule has 0 aliphatic rings. The number of fused-ring (bicyclic) bond motifs is 1. The lowest BCUT2D eigenvalue weighted by atomic mass is 9.92. The van der Waals surface area contributed by atoms with Gasteiger partial charge in [-0.2, -0.15) is 10.4 Å². The number of carbonyl (C=O) groups is 1. The van der Waals surface area contributed by atoms with Crippen LogP contribution in [0, 0.1) is 25.2 Å². The van der Waals surface area contributed by atoms with Gasteiger partial charge in [0.2, 0.25) is 0 Å². The Labute approximate surface area is 194 Å². The fourth-order valence-electron chi connectivity index (χ4n) is 4.04. The quantitative estimate of drug-likeness (QED) is 0.405. The normalized spacial score (nSPS) is 11.3. The number of benzene rings is 2. The minimum absolute atomic E-state index is 0. The molecule has 1 amide bonds. The molecule has 0 aliphatic heterocycles. The summed E-state index contributed by atoms with van der Waals surface area (Å²) < 4.78 is 1.78. The third-order valence-electron chi connectivity index (χ3n) is 5.42. The number of carbonyl (C=O) groups excluding carboxylic acids is 1. The minimum atomic E-state index is -0.237. The highest BCUT2D eigenvalue weighted by Crippen LogP contribution is 2.26. The molecule has 0 saturated heterocycles. The van der Waals surface area contributed by atoms with Gasteiger partial charge in [-0.15, -0.1) is 0 Å². The van der Waals surface area contributed by atoms with Gasteiger partial charge in [0.1, 0.15) is 0 Å². The Hall–Kier alpha value is -4.24. The monoisotopic (exact) mass is 437 g/mol. The van der Waals surface area contributed by atoms with Crippen molar-refractivity contribution in [2.45, 2.75) is 33.6 Å². The summed E-state index contributed by atoms with van der Waals surface area (Å²) in [4.78, 5) is 17.5. The average Bonchev–Trinajstić information content (AvgIpc) is 3.18. The van der Waals surface area contributed by atoms with Crippen LogP contribution in [0.5, 0.6) is 0 Å². The van der Waals surface area contributed by atoms with E-state index in [1.807, 2.05) is 70.3 Å². The summed E-state index contributed by atoms with van der Waals surface area (Å²) in [5.74, 6) is -0.185. The third kappa shape index (κ3) is 4.68. The number of hydrogen-bond donors (Lipinski definition) is 1. The van der Waals surface area contributed by atoms with Crippen LogP contribution < -0.4 is 5.32 Å². The van der Waals surface area contributed by atoms with Gasteiger partial charge in [-0.05, 0) is 79.4 Å². The smallest absolute Gasteiger partial charge is 0.255 e. The van der Waals surface area contributed by atoms with Crippen molar-refractivity contribution >= 4 is 34.8 Å². The number of nitrogens with zero attached hydrogens (tertiary/aromatic N) is 4. The Bertz CT molecular complexity index is 1410. The zero-order valence-electron chi connectivity index (χ0n) is 19.1. The second-order valence-electron chi connectivity index (χ2n) is 8.35. The van der Waals surface area contributed by atoms with Crippen LogP contribution >= 0.6 is 0 Å². The van der Waals surface area contributed by atoms with Crippen molar-refractivity contribution in [2.24, 2.45) is 0 Å². The van der Waals surface area contributed by atoms with Crippen molar-refractivity contribution in [3.63, 3.8) is 0 Å². The van der Waals surface area contributed by atoms with E-state index in [-0.39, 0.29) is 13.3 Å². The molecule has 1 N–H and O–H groups in total. The standard InChI is InChI=1S/C27H25N5O.H2/c1-17(2)26-21(15-28)6-5-7-24(26)27(33)31-23-9-8-22-16-29-32(25(22)14-23)11-10-20-12-18(3)30-19(4)13-20;/h5-14,16-17H,1-4H3,(H,31,33);1H/b11-10-;. The molecule has 6 heteroatoms. The van der Waals surface area contributed by atoms with Crippen molar-refractivity contribution in [2.75, 3.05) is 5.32 Å². The number of nitrogens with one attached hydrogen (secondary N) is 1. The number of anilines is 1. The van der Waals surface area contributed by atoms with Crippen molar-refractivity contribution in [1.29, 1.82) is 5.26 Å². The van der Waals surface area contributed by atoms with Crippen molar-refractivity contribution in [3.05, 3.63) is 88.4 Å². The fourth-order valence-corrected chi connectivity index (χ4v) is 4.04. The predicted molar refractivity (Wildman–Crippen MR) is 134 cm³/mol. The van der Waals surface area contributed by atoms with Gasteiger partial charge in [-0.3, -0.25) is 9.78 Å². The molecule has 0 aliphatic carbocycles. The van der Waals surface area contributed by atoms with Gasteiger partial charge in [0.05, 0.1) is 23.3 Å². The largest absolute Gasteiger partial charge is 0.322 e. The summed E-state index contributed by atoms with van der Waals surface area (Å²) in [6.07, 6.45) is 5.68. The van der Waals surface area contributed by atoms with Crippen LogP contribution in [0.2, 0.25) is 0 Å². The highest BCUT2D eigenvalue weighted by molar-refractivity contribution is 6.06. The molecular weight excluding hydrogens is 410 g/mol. The molecule has 4 aromatic rings. The molecule has 0 spiro atoms. The molecule has 2 aromatic heterocycles. The second-order valence-corrected chi connectivity index (χ2v) is 8.35. The van der Waals surface area contributed by atoms with Crippen LogP contribution in [0.1, 0.15) is 59.6 Å². The Morgan fingerprint density at radius 1 is 1.15 bits per heavy atom. The molecule has 2 aromatic carbocycles. The van der Waals surface area contributed by atoms with Gasteiger partial charge in [-0.25, -0.2) is 4.68 Å². The molecule has 2 heterocycles. The fraction of sp³-hybridized carbons (Fsp3) is 0.185. The van der Waals surface area contributed by atoms with Gasteiger partial charge in [-0.1, -0.05) is 19.9 Å². The van der Waals surface area contributed by atoms with E-state index in [0.717, 1.165) is 33.4 Å². The van der Waals surface area contributed by atoms with Crippen molar-refractivity contribution in [3.8, 4) is 6.07 Å². The molecular formula is C27H27N5O. The summed E-state index contributed by atoms with van der Waals surface area (Å²) in [6.45, 7) is 7.91. The van der Waals surface area contributed by atoms with Crippen LogP contribution in [0.4, 0.5) is 5.69 Å². The van der Waals surface area contributed by atoms with E-state index < -0.39 is 0 Å². The van der Waals surface area contributed by atoms with E-state index in [2.05, 4.69) is 21.5 Å². The van der Waals surface area contributed by atoms with E-state index in [0.29, 0.717) is 16.8 Å². The summed E-state index contributed by atoms with van der Waals surface area (Å²) in [6, 6.07) is 17.2. The summed E-state index contributed by atoms with van der Waals surface area (Å²) in [7, 11) is 0. The first-order chi connectivity index (χ1) is 15.9. The Morgan fingerprint density at radius 2 is 1.91 bits per heavy atom. The van der Waals surface area contributed by atoms with Gasteiger partial charge < -0.3 is 5.32 Å². The minimum Gasteiger partial charge on any atom is -0.322 e. The summed E-state index contributed by atoms with van der Waals surface area (Å²) in [5, 5.41) is 17.9. The molecule has 4 rings (SSSR count). The molecule has 33 heavy (non-hydrogen) atoms. The maximum Gasteiger partial charge on any atom is 0.255 e. The first kappa shape index (κ1) is 22.0. The van der Waals surface area contributed by atoms with Gasteiger partial charge >= 0.3 is 0 Å². The number of rotatable bonds is 5. The van der Waals surface area contributed by atoms with Crippen LogP contribution in [0.3, 0.4) is 0 Å². The topological polar surface area (TPSA) is 83.6 Å². The average molecular weight is 438 g/mol. The van der Waals surface area contributed by atoms with Gasteiger partial charge in [0.15, 0.2) is 0 Å². The molecule has 0 radical (unpaired) electrons. The SMILES string of the molecule is Cc1cc(/C=C\n2ncc3ccc(NC(=O)c4cccc(C#N)c4C(C)C)cc32)cc(C)n1.[HH]. The number of aryl methyl sites for hydroxylation is 2. The molecule has 166 valence electrons. The lowest BCUT2D eigenvalue weighted by Gasteiger charge is -2.14. The lowest BCUT2D eigenvalue weighted by Crippen LogP contribution is -2.15. The Kier molecular flexibility index (Phi) is 6.05. The molecule has 0 atom stereocenters. The van der Waals surface area contributed by atoms with Crippen molar-refractivity contribution in [1.82, 2.24) is 14.8 Å². The van der Waals surface area contributed by atoms with Gasteiger partial charge in [0, 0.05) is 35.7 Å². The number of pyridine rings is 1. The Balaban J connectivity index is 0.00000324. The van der Waals surface area contributed by atoms with Crippen LogP contribution in [-0.4, -0.2) is 20.7 Å². The number of aromatic nitrogens is 3. The maximum atomic E-state index is 13.1. The predicted octanol–water partition coefficient (Wildman–Crippen LogP) is 6.17. The maximum absolute atomic E-state index is 13.1. The Morgan fingerprint density at radius 3 is 2.61 bits per heavy atom. The summed E-state index contributed by atoms with van der Waals surface area (Å²) >= 11 is 0. The highest BCUT2D eigenvalue weighted by Gasteiger charge is 2.18. The van der Waals surface area contributed by atoms with Crippen LogP contribution in [0.25, 0.3) is 23.2 Å². The molecule has 0 unspecified atom stereocenters. The molecule has 6 nitrogen and oxygen atoms in total. The van der Waals surface area contributed by atoms with Crippen LogP contribution in [0.15, 0.2) is 54.7 Å². The molecule has 0 saturated carbocycles. The second kappa shape index (κ2) is 9.09. The van der Waals surface area contributed by atoms with Crippen molar-refractivity contribution < 1.29 is 6.22 Å². The summed E-state index contributed by atoms with van der Waals surface area (Å²) in [5.41, 5.74) is 6.31.